The van der Waals surface area contributed by atoms with E-state index in [0.717, 1.165) is 6.42 Å². The summed E-state index contributed by atoms with van der Waals surface area (Å²) in [5, 5.41) is 18.2. The predicted octanol–water partition coefficient (Wildman–Crippen LogP) is 1.19. The van der Waals surface area contributed by atoms with Crippen LogP contribution in [-0.2, 0) is 0 Å². The Bertz CT molecular complexity index is 110. The van der Waals surface area contributed by atoms with Crippen molar-refractivity contribution in [1.82, 2.24) is 0 Å². The van der Waals surface area contributed by atoms with E-state index >= 15 is 0 Å². The lowest BCUT2D eigenvalue weighted by atomic mass is 9.93. The van der Waals surface area contributed by atoms with Crippen molar-refractivity contribution >= 4 is 0 Å². The summed E-state index contributed by atoms with van der Waals surface area (Å²) in [6.45, 7) is 7.64. The molecule has 2 heteroatoms. The van der Waals surface area contributed by atoms with Gasteiger partial charge in [0, 0.05) is 12.5 Å². The van der Waals surface area contributed by atoms with Crippen LogP contribution in [0.25, 0.3) is 0 Å². The summed E-state index contributed by atoms with van der Waals surface area (Å²) in [6.07, 6.45) is 1.75. The molecule has 0 rings (SSSR count). The van der Waals surface area contributed by atoms with Gasteiger partial charge in [-0.2, -0.15) is 0 Å². The maximum atomic E-state index is 9.29. The van der Waals surface area contributed by atoms with Gasteiger partial charge >= 0.3 is 0 Å². The Morgan fingerprint density at radius 1 is 1.45 bits per heavy atom. The summed E-state index contributed by atoms with van der Waals surface area (Å²) in [7, 11) is 0. The summed E-state index contributed by atoms with van der Waals surface area (Å²) in [6, 6.07) is 0. The summed E-state index contributed by atoms with van der Waals surface area (Å²) in [5.74, 6) is 0.453. The lowest BCUT2D eigenvalue weighted by Gasteiger charge is -2.19. The van der Waals surface area contributed by atoms with E-state index in [0.29, 0.717) is 5.92 Å². The summed E-state index contributed by atoms with van der Waals surface area (Å²) in [5.41, 5.74) is 0. The van der Waals surface area contributed by atoms with Crippen LogP contribution in [0.2, 0.25) is 0 Å². The topological polar surface area (TPSA) is 40.5 Å². The van der Waals surface area contributed by atoms with Crippen molar-refractivity contribution in [2.45, 2.75) is 26.4 Å². The molecular weight excluding hydrogens is 140 g/mol. The van der Waals surface area contributed by atoms with Crippen molar-refractivity contribution in [3.05, 3.63) is 12.7 Å². The highest BCUT2D eigenvalue weighted by atomic mass is 16.3. The molecule has 0 aliphatic carbocycles. The summed E-state index contributed by atoms with van der Waals surface area (Å²) in [4.78, 5) is 0. The molecule has 0 heterocycles. The van der Waals surface area contributed by atoms with E-state index in [1.807, 2.05) is 0 Å². The minimum absolute atomic E-state index is 0.0331. The molecule has 0 bridgehead atoms. The molecule has 0 aliphatic heterocycles. The fourth-order valence-electron chi connectivity index (χ4n) is 1.12. The SMILES string of the molecule is C=C[C@H](O)[C@H](CO)CC(C)C. The van der Waals surface area contributed by atoms with Gasteiger partial charge < -0.3 is 10.2 Å². The average molecular weight is 158 g/mol. The minimum Gasteiger partial charge on any atom is -0.396 e. The second-order valence-corrected chi connectivity index (χ2v) is 3.30. The van der Waals surface area contributed by atoms with Crippen molar-refractivity contribution < 1.29 is 10.2 Å². The first-order chi connectivity index (χ1) is 5.11. The highest BCUT2D eigenvalue weighted by Gasteiger charge is 2.16. The lowest BCUT2D eigenvalue weighted by molar-refractivity contribution is 0.0871. The predicted molar refractivity (Wildman–Crippen MR) is 46.2 cm³/mol. The van der Waals surface area contributed by atoms with Gasteiger partial charge in [0.2, 0.25) is 0 Å². The van der Waals surface area contributed by atoms with E-state index in [-0.39, 0.29) is 12.5 Å². The molecule has 0 aromatic heterocycles. The highest BCUT2D eigenvalue weighted by molar-refractivity contribution is 4.84. The molecule has 2 nitrogen and oxygen atoms in total. The zero-order chi connectivity index (χ0) is 8.85. The van der Waals surface area contributed by atoms with Gasteiger partial charge in [0.05, 0.1) is 6.10 Å². The second-order valence-electron chi connectivity index (χ2n) is 3.30. The van der Waals surface area contributed by atoms with E-state index in [1.54, 1.807) is 0 Å². The van der Waals surface area contributed by atoms with E-state index in [2.05, 4.69) is 20.4 Å². The Kier molecular flexibility index (Phi) is 5.16. The number of aliphatic hydroxyl groups is 2. The monoisotopic (exact) mass is 158 g/mol. The minimum atomic E-state index is -0.567. The van der Waals surface area contributed by atoms with Crippen LogP contribution in [0, 0.1) is 11.8 Å². The number of aliphatic hydroxyl groups excluding tert-OH is 2. The van der Waals surface area contributed by atoms with Crippen molar-refractivity contribution in [3.63, 3.8) is 0 Å². The van der Waals surface area contributed by atoms with Crippen LogP contribution >= 0.6 is 0 Å². The molecule has 11 heavy (non-hydrogen) atoms. The Morgan fingerprint density at radius 3 is 2.27 bits per heavy atom. The van der Waals surface area contributed by atoms with E-state index in [1.165, 1.54) is 6.08 Å². The molecule has 0 radical (unpaired) electrons. The molecule has 2 N–H and O–H groups in total. The second kappa shape index (κ2) is 5.33. The van der Waals surface area contributed by atoms with E-state index < -0.39 is 6.10 Å². The van der Waals surface area contributed by atoms with Crippen LogP contribution in [0.3, 0.4) is 0 Å². The molecule has 0 saturated heterocycles. The third kappa shape index (κ3) is 4.17. The quantitative estimate of drug-likeness (QED) is 0.590. The van der Waals surface area contributed by atoms with Crippen molar-refractivity contribution in [2.75, 3.05) is 6.61 Å². The third-order valence-electron chi connectivity index (χ3n) is 1.73. The van der Waals surface area contributed by atoms with Gasteiger partial charge in [0.1, 0.15) is 0 Å². The first kappa shape index (κ1) is 10.7. The Morgan fingerprint density at radius 2 is 2.00 bits per heavy atom. The number of hydrogen-bond donors (Lipinski definition) is 2. The third-order valence-corrected chi connectivity index (χ3v) is 1.73. The molecule has 0 aromatic carbocycles. The van der Waals surface area contributed by atoms with Crippen LogP contribution in [-0.4, -0.2) is 22.9 Å². The van der Waals surface area contributed by atoms with Crippen molar-refractivity contribution in [2.24, 2.45) is 11.8 Å². The highest BCUT2D eigenvalue weighted by Crippen LogP contribution is 2.15. The van der Waals surface area contributed by atoms with Gasteiger partial charge in [-0.1, -0.05) is 19.9 Å². The normalized spacial score (nSPS) is 16.5. The molecule has 0 unspecified atom stereocenters. The molecule has 66 valence electrons. The molecule has 0 aliphatic rings. The molecule has 0 aromatic rings. The average Bonchev–Trinajstić information content (AvgIpc) is 1.98. The van der Waals surface area contributed by atoms with Gasteiger partial charge in [-0.15, -0.1) is 6.58 Å². The molecule has 0 saturated carbocycles. The van der Waals surface area contributed by atoms with Crippen LogP contribution in [0.4, 0.5) is 0 Å². The lowest BCUT2D eigenvalue weighted by Crippen LogP contribution is -2.23. The van der Waals surface area contributed by atoms with Crippen molar-refractivity contribution in [1.29, 1.82) is 0 Å². The van der Waals surface area contributed by atoms with Crippen LogP contribution in [0.15, 0.2) is 12.7 Å². The number of hydrogen-bond acceptors (Lipinski definition) is 2. The van der Waals surface area contributed by atoms with Gasteiger partial charge in [0.15, 0.2) is 0 Å². The van der Waals surface area contributed by atoms with Crippen LogP contribution in [0.5, 0.6) is 0 Å². The smallest absolute Gasteiger partial charge is 0.0768 e. The fourth-order valence-corrected chi connectivity index (χ4v) is 1.12. The zero-order valence-electron chi connectivity index (χ0n) is 7.33. The van der Waals surface area contributed by atoms with Gasteiger partial charge in [-0.3, -0.25) is 0 Å². The fraction of sp³-hybridized carbons (Fsp3) is 0.778. The van der Waals surface area contributed by atoms with E-state index in [9.17, 15) is 5.11 Å². The first-order valence-corrected chi connectivity index (χ1v) is 4.03. The maximum Gasteiger partial charge on any atom is 0.0768 e. The van der Waals surface area contributed by atoms with E-state index in [4.69, 9.17) is 5.11 Å². The molecule has 0 amide bonds. The van der Waals surface area contributed by atoms with Crippen molar-refractivity contribution in [3.8, 4) is 0 Å². The summed E-state index contributed by atoms with van der Waals surface area (Å²) >= 11 is 0. The Balaban J connectivity index is 3.83. The van der Waals surface area contributed by atoms with Crippen LogP contribution < -0.4 is 0 Å². The molecule has 0 fully saturated rings. The number of rotatable bonds is 5. The molecular formula is C9H18O2. The maximum absolute atomic E-state index is 9.29. The van der Waals surface area contributed by atoms with Gasteiger partial charge in [-0.05, 0) is 12.3 Å². The van der Waals surface area contributed by atoms with Crippen LogP contribution in [0.1, 0.15) is 20.3 Å². The zero-order valence-corrected chi connectivity index (χ0v) is 7.33. The first-order valence-electron chi connectivity index (χ1n) is 4.03. The Hall–Kier alpha value is -0.340. The molecule has 0 spiro atoms. The largest absolute Gasteiger partial charge is 0.396 e. The molecule has 2 atom stereocenters. The summed E-state index contributed by atoms with van der Waals surface area (Å²) < 4.78 is 0. The standard InChI is InChI=1S/C9H18O2/c1-4-9(11)8(6-10)5-7(2)3/h4,7-11H,1,5-6H2,2-3H3/t8-,9-/m0/s1. The Labute approximate surface area is 68.6 Å². The van der Waals surface area contributed by atoms with Gasteiger partial charge in [-0.25, -0.2) is 0 Å². The van der Waals surface area contributed by atoms with Gasteiger partial charge in [0.25, 0.3) is 0 Å².